The second-order valence-corrected chi connectivity index (χ2v) is 6.55. The summed E-state index contributed by atoms with van der Waals surface area (Å²) < 4.78 is 0. The summed E-state index contributed by atoms with van der Waals surface area (Å²) in [5.74, 6) is 0.0943. The summed E-state index contributed by atoms with van der Waals surface area (Å²) in [6.07, 6.45) is 0.291. The number of likely N-dealkylation sites (tertiary alicyclic amines) is 1. The van der Waals surface area contributed by atoms with E-state index >= 15 is 0 Å². The van der Waals surface area contributed by atoms with Crippen LogP contribution >= 0.6 is 11.6 Å². The van der Waals surface area contributed by atoms with Crippen molar-refractivity contribution < 1.29 is 9.90 Å². The van der Waals surface area contributed by atoms with Crippen molar-refractivity contribution in [1.82, 2.24) is 4.90 Å². The molecule has 1 saturated heterocycles. The molecule has 0 saturated carbocycles. The maximum absolute atomic E-state index is 12.2. The zero-order valence-corrected chi connectivity index (χ0v) is 13.8. The number of rotatable bonds is 4. The largest absolute Gasteiger partial charge is 0.391 e. The average Bonchev–Trinajstić information content (AvgIpc) is 2.84. The first-order valence-corrected chi connectivity index (χ1v) is 8.17. The van der Waals surface area contributed by atoms with Crippen molar-refractivity contribution in [2.75, 3.05) is 7.05 Å². The normalized spacial score (nSPS) is 22.4. The molecule has 4 heteroatoms. The van der Waals surface area contributed by atoms with Gasteiger partial charge in [0.05, 0.1) is 12.1 Å². The molecule has 0 radical (unpaired) electrons. The molecule has 1 heterocycles. The van der Waals surface area contributed by atoms with Gasteiger partial charge in [0.25, 0.3) is 0 Å². The van der Waals surface area contributed by atoms with Gasteiger partial charge in [-0.05, 0) is 23.3 Å². The van der Waals surface area contributed by atoms with Gasteiger partial charge in [0, 0.05) is 30.8 Å². The number of likely N-dealkylation sites (N-methyl/N-ethyl adjacent to an activating group) is 1. The summed E-state index contributed by atoms with van der Waals surface area (Å²) in [6, 6.07) is 17.2. The number of amides is 1. The fraction of sp³-hybridized carbons (Fsp3) is 0.316. The molecule has 0 bridgehead atoms. The third-order valence-electron chi connectivity index (χ3n) is 4.60. The zero-order chi connectivity index (χ0) is 16.4. The van der Waals surface area contributed by atoms with Crippen LogP contribution in [0.2, 0.25) is 5.02 Å². The molecule has 3 atom stereocenters. The molecule has 2 aromatic rings. The van der Waals surface area contributed by atoms with Gasteiger partial charge in [0.1, 0.15) is 0 Å². The first kappa shape index (κ1) is 16.0. The first-order chi connectivity index (χ1) is 11.1. The van der Waals surface area contributed by atoms with Gasteiger partial charge in [-0.1, -0.05) is 54.1 Å². The second kappa shape index (κ2) is 6.73. The molecule has 120 valence electrons. The van der Waals surface area contributed by atoms with E-state index in [2.05, 4.69) is 0 Å². The molecule has 1 aliphatic rings. The molecule has 0 aliphatic carbocycles. The van der Waals surface area contributed by atoms with Crippen LogP contribution in [0.3, 0.4) is 0 Å². The van der Waals surface area contributed by atoms with E-state index in [9.17, 15) is 9.90 Å². The lowest BCUT2D eigenvalue weighted by atomic mass is 9.86. The Morgan fingerprint density at radius 3 is 2.65 bits per heavy atom. The predicted molar refractivity (Wildman–Crippen MR) is 91.5 cm³/mol. The number of nitrogens with zero attached hydrogens (tertiary/aromatic N) is 1. The van der Waals surface area contributed by atoms with Crippen molar-refractivity contribution in [3.63, 3.8) is 0 Å². The lowest BCUT2D eigenvalue weighted by molar-refractivity contribution is -0.128. The number of halogens is 1. The molecular weight excluding hydrogens is 310 g/mol. The number of carbonyl (C=O) groups excluding carboxylic acids is 1. The molecule has 1 aliphatic heterocycles. The van der Waals surface area contributed by atoms with E-state index in [0.717, 1.165) is 11.1 Å². The van der Waals surface area contributed by atoms with Gasteiger partial charge in [-0.15, -0.1) is 0 Å². The monoisotopic (exact) mass is 329 g/mol. The van der Waals surface area contributed by atoms with Crippen LogP contribution < -0.4 is 0 Å². The van der Waals surface area contributed by atoms with Gasteiger partial charge in [-0.2, -0.15) is 0 Å². The lowest BCUT2D eigenvalue weighted by Crippen LogP contribution is -2.42. The SMILES string of the molecule is CN1C(=O)C[C@H](c2ccccc2)[C@@H]1[C@H](O)Cc1cccc(Cl)c1. The fourth-order valence-corrected chi connectivity index (χ4v) is 3.67. The third kappa shape index (κ3) is 3.41. The number of aliphatic hydroxyl groups is 1. The molecule has 0 spiro atoms. The summed E-state index contributed by atoms with van der Waals surface area (Å²) in [7, 11) is 1.77. The Kier molecular flexibility index (Phi) is 4.69. The Balaban J connectivity index is 1.84. The van der Waals surface area contributed by atoms with Crippen LogP contribution in [0.1, 0.15) is 23.5 Å². The molecule has 1 N–H and O–H groups in total. The Morgan fingerprint density at radius 2 is 1.96 bits per heavy atom. The number of carbonyl (C=O) groups is 1. The number of benzene rings is 2. The van der Waals surface area contributed by atoms with Crippen molar-refractivity contribution >= 4 is 17.5 Å². The second-order valence-electron chi connectivity index (χ2n) is 6.12. The van der Waals surface area contributed by atoms with Crippen molar-refractivity contribution in [2.45, 2.75) is 30.9 Å². The Bertz CT molecular complexity index is 689. The van der Waals surface area contributed by atoms with Gasteiger partial charge < -0.3 is 10.0 Å². The molecule has 3 rings (SSSR count). The third-order valence-corrected chi connectivity index (χ3v) is 4.84. The van der Waals surface area contributed by atoms with Crippen LogP contribution in [0.15, 0.2) is 54.6 Å². The van der Waals surface area contributed by atoms with E-state index < -0.39 is 6.10 Å². The summed E-state index contributed by atoms with van der Waals surface area (Å²) >= 11 is 6.02. The highest BCUT2D eigenvalue weighted by atomic mass is 35.5. The first-order valence-electron chi connectivity index (χ1n) is 7.79. The molecule has 23 heavy (non-hydrogen) atoms. The van der Waals surface area contributed by atoms with E-state index in [-0.39, 0.29) is 17.9 Å². The summed E-state index contributed by atoms with van der Waals surface area (Å²) in [5, 5.41) is 11.4. The molecule has 1 fully saturated rings. The van der Waals surface area contributed by atoms with Crippen molar-refractivity contribution in [1.29, 1.82) is 0 Å². The molecule has 0 unspecified atom stereocenters. The van der Waals surface area contributed by atoms with Crippen LogP contribution in [0.5, 0.6) is 0 Å². The summed E-state index contributed by atoms with van der Waals surface area (Å²) in [5.41, 5.74) is 2.07. The maximum Gasteiger partial charge on any atom is 0.223 e. The number of hydrogen-bond donors (Lipinski definition) is 1. The quantitative estimate of drug-likeness (QED) is 0.935. The van der Waals surface area contributed by atoms with E-state index in [0.29, 0.717) is 17.9 Å². The minimum atomic E-state index is -0.630. The van der Waals surface area contributed by atoms with E-state index in [4.69, 9.17) is 11.6 Å². The van der Waals surface area contributed by atoms with Gasteiger partial charge in [0.2, 0.25) is 5.91 Å². The van der Waals surface area contributed by atoms with Crippen LogP contribution in [0.25, 0.3) is 0 Å². The van der Waals surface area contributed by atoms with Crippen molar-refractivity contribution in [2.24, 2.45) is 0 Å². The van der Waals surface area contributed by atoms with E-state index in [1.807, 2.05) is 54.6 Å². The van der Waals surface area contributed by atoms with Crippen LogP contribution in [-0.2, 0) is 11.2 Å². The number of hydrogen-bond acceptors (Lipinski definition) is 2. The van der Waals surface area contributed by atoms with Crippen LogP contribution in [0, 0.1) is 0 Å². The Hall–Kier alpha value is -1.84. The molecule has 1 amide bonds. The van der Waals surface area contributed by atoms with Crippen LogP contribution in [0.4, 0.5) is 0 Å². The standard InChI is InChI=1S/C19H20ClNO2/c1-21-18(23)12-16(14-7-3-2-4-8-14)19(21)17(22)11-13-6-5-9-15(20)10-13/h2-10,16-17,19,22H,11-12H2,1H3/t16-,17-,19-/m1/s1. The number of aliphatic hydroxyl groups excluding tert-OH is 1. The molecular formula is C19H20ClNO2. The molecule has 2 aromatic carbocycles. The minimum Gasteiger partial charge on any atom is -0.391 e. The lowest BCUT2D eigenvalue weighted by Gasteiger charge is -2.30. The zero-order valence-electron chi connectivity index (χ0n) is 13.0. The summed E-state index contributed by atoms with van der Waals surface area (Å²) in [6.45, 7) is 0. The van der Waals surface area contributed by atoms with Gasteiger partial charge >= 0.3 is 0 Å². The highest BCUT2D eigenvalue weighted by molar-refractivity contribution is 6.30. The smallest absolute Gasteiger partial charge is 0.223 e. The highest BCUT2D eigenvalue weighted by Gasteiger charge is 2.42. The van der Waals surface area contributed by atoms with Crippen molar-refractivity contribution in [3.8, 4) is 0 Å². The highest BCUT2D eigenvalue weighted by Crippen LogP contribution is 2.36. The summed E-state index contributed by atoms with van der Waals surface area (Å²) in [4.78, 5) is 13.9. The van der Waals surface area contributed by atoms with E-state index in [1.165, 1.54) is 0 Å². The average molecular weight is 330 g/mol. The van der Waals surface area contributed by atoms with Crippen molar-refractivity contribution in [3.05, 3.63) is 70.7 Å². The fourth-order valence-electron chi connectivity index (χ4n) is 3.46. The van der Waals surface area contributed by atoms with Gasteiger partial charge in [-0.25, -0.2) is 0 Å². The van der Waals surface area contributed by atoms with Gasteiger partial charge in [0.15, 0.2) is 0 Å². The minimum absolute atomic E-state index is 0.0166. The Labute approximate surface area is 141 Å². The van der Waals surface area contributed by atoms with Gasteiger partial charge in [-0.3, -0.25) is 4.79 Å². The van der Waals surface area contributed by atoms with Crippen LogP contribution in [-0.4, -0.2) is 35.1 Å². The molecule has 3 nitrogen and oxygen atoms in total. The topological polar surface area (TPSA) is 40.5 Å². The molecule has 0 aromatic heterocycles. The maximum atomic E-state index is 12.2. The predicted octanol–water partition coefficient (Wildman–Crippen LogP) is 3.26. The van der Waals surface area contributed by atoms with E-state index in [1.54, 1.807) is 11.9 Å². The Morgan fingerprint density at radius 1 is 1.22 bits per heavy atom.